The van der Waals surface area contributed by atoms with Crippen molar-refractivity contribution in [3.63, 3.8) is 0 Å². The number of benzene rings is 1. The molecule has 2 atom stereocenters. The van der Waals surface area contributed by atoms with E-state index in [-0.39, 0.29) is 47.2 Å². The molecule has 1 amide bonds. The van der Waals surface area contributed by atoms with E-state index < -0.39 is 10.0 Å². The van der Waals surface area contributed by atoms with E-state index in [0.29, 0.717) is 5.56 Å². The van der Waals surface area contributed by atoms with E-state index in [9.17, 15) is 13.2 Å². The van der Waals surface area contributed by atoms with E-state index >= 15 is 0 Å². The summed E-state index contributed by atoms with van der Waals surface area (Å²) in [5, 5.41) is 3.18. The molecule has 0 spiro atoms. The largest absolute Gasteiger partial charge is 0.373 e. The molecule has 1 aromatic rings. The maximum atomic E-state index is 13.2. The third kappa shape index (κ3) is 6.20. The van der Waals surface area contributed by atoms with Gasteiger partial charge in [-0.3, -0.25) is 4.79 Å². The first-order chi connectivity index (χ1) is 14.7. The van der Waals surface area contributed by atoms with Gasteiger partial charge < -0.3 is 15.0 Å². The predicted molar refractivity (Wildman–Crippen MR) is 122 cm³/mol. The summed E-state index contributed by atoms with van der Waals surface area (Å²) in [6.07, 6.45) is 3.77. The number of nitrogens with one attached hydrogen (secondary N) is 1. The Bertz CT molecular complexity index is 862. The van der Waals surface area contributed by atoms with Crippen molar-refractivity contribution in [1.82, 2.24) is 14.5 Å². The average molecular weight is 472 g/mol. The number of nitrogens with zero attached hydrogens (tertiary/aromatic N) is 2. The van der Waals surface area contributed by atoms with Crippen LogP contribution in [0.4, 0.5) is 0 Å². The van der Waals surface area contributed by atoms with Gasteiger partial charge in [0.25, 0.3) is 5.91 Å². The highest BCUT2D eigenvalue weighted by Crippen LogP contribution is 2.28. The number of carbonyl (C=O) groups is 1. The van der Waals surface area contributed by atoms with Gasteiger partial charge in [-0.05, 0) is 57.9 Å². The molecular weight excluding hydrogens is 438 g/mol. The van der Waals surface area contributed by atoms with Gasteiger partial charge in [0.2, 0.25) is 10.0 Å². The number of halogens is 1. The number of likely N-dealkylation sites (tertiary alicyclic amines) is 1. The molecule has 2 heterocycles. The van der Waals surface area contributed by atoms with Gasteiger partial charge in [-0.1, -0.05) is 24.9 Å². The van der Waals surface area contributed by atoms with Gasteiger partial charge in [0.05, 0.1) is 17.2 Å². The molecule has 2 saturated heterocycles. The fourth-order valence-corrected chi connectivity index (χ4v) is 6.35. The van der Waals surface area contributed by atoms with Crippen molar-refractivity contribution in [2.75, 3.05) is 32.7 Å². The van der Waals surface area contributed by atoms with E-state index in [1.807, 2.05) is 13.8 Å². The molecule has 0 saturated carbocycles. The summed E-state index contributed by atoms with van der Waals surface area (Å²) in [6.45, 7) is 9.44. The van der Waals surface area contributed by atoms with Crippen LogP contribution in [0.2, 0.25) is 5.02 Å². The van der Waals surface area contributed by atoms with Crippen LogP contribution in [0.15, 0.2) is 23.1 Å². The summed E-state index contributed by atoms with van der Waals surface area (Å²) in [6, 6.07) is 4.57. The van der Waals surface area contributed by atoms with Gasteiger partial charge in [-0.25, -0.2) is 8.42 Å². The molecule has 7 nitrogen and oxygen atoms in total. The molecule has 174 valence electrons. The van der Waals surface area contributed by atoms with Gasteiger partial charge in [-0.15, -0.1) is 0 Å². The van der Waals surface area contributed by atoms with Crippen molar-refractivity contribution < 1.29 is 17.9 Å². The Morgan fingerprint density at radius 1 is 1.19 bits per heavy atom. The molecule has 0 radical (unpaired) electrons. The highest BCUT2D eigenvalue weighted by atomic mass is 35.5. The summed E-state index contributed by atoms with van der Waals surface area (Å²) in [4.78, 5) is 15.2. The van der Waals surface area contributed by atoms with E-state index in [1.54, 1.807) is 6.07 Å². The van der Waals surface area contributed by atoms with Crippen molar-refractivity contribution in [3.05, 3.63) is 28.8 Å². The smallest absolute Gasteiger partial charge is 0.251 e. The minimum atomic E-state index is -3.83. The average Bonchev–Trinajstić information content (AvgIpc) is 2.72. The van der Waals surface area contributed by atoms with Crippen LogP contribution in [-0.2, 0) is 14.8 Å². The Morgan fingerprint density at radius 2 is 1.84 bits per heavy atom. The molecule has 0 aromatic heterocycles. The van der Waals surface area contributed by atoms with Crippen LogP contribution in [0.1, 0.15) is 56.8 Å². The summed E-state index contributed by atoms with van der Waals surface area (Å²) < 4.78 is 33.5. The Labute approximate surface area is 191 Å². The van der Waals surface area contributed by atoms with Crippen LogP contribution in [0.25, 0.3) is 0 Å². The SMILES string of the molecule is CCCCN1CCC(NC(=O)c2ccc(Cl)c(S(=O)(=O)N3CC(C)OC(C)C3)c2)CC1. The van der Waals surface area contributed by atoms with Gasteiger partial charge in [-0.2, -0.15) is 4.31 Å². The number of amides is 1. The molecule has 2 unspecified atom stereocenters. The standard InChI is InChI=1S/C22H34ClN3O4S/c1-4-5-10-25-11-8-19(9-12-25)24-22(27)18-6-7-20(23)21(13-18)31(28,29)26-14-16(2)30-17(3)15-26/h6-7,13,16-17,19H,4-5,8-12,14-15H2,1-3H3,(H,24,27). The lowest BCUT2D eigenvalue weighted by Gasteiger charge is -2.34. The number of hydrogen-bond acceptors (Lipinski definition) is 5. The first-order valence-electron chi connectivity index (χ1n) is 11.2. The Morgan fingerprint density at radius 3 is 2.45 bits per heavy atom. The number of ether oxygens (including phenoxy) is 1. The van der Waals surface area contributed by atoms with E-state index in [0.717, 1.165) is 32.5 Å². The summed E-state index contributed by atoms with van der Waals surface area (Å²) >= 11 is 6.25. The Hall–Kier alpha value is -1.19. The van der Waals surface area contributed by atoms with Gasteiger partial charge in [0.1, 0.15) is 4.90 Å². The quantitative estimate of drug-likeness (QED) is 0.660. The summed E-state index contributed by atoms with van der Waals surface area (Å²) in [5.41, 5.74) is 0.311. The van der Waals surface area contributed by atoms with Crippen LogP contribution in [0.3, 0.4) is 0 Å². The molecule has 0 aliphatic carbocycles. The zero-order valence-corrected chi connectivity index (χ0v) is 20.2. The fraction of sp³-hybridized carbons (Fsp3) is 0.682. The molecule has 2 aliphatic rings. The molecule has 2 aliphatic heterocycles. The molecule has 3 rings (SSSR count). The van der Waals surface area contributed by atoms with Crippen molar-refractivity contribution in [2.45, 2.75) is 69.6 Å². The molecule has 2 fully saturated rings. The predicted octanol–water partition coefficient (Wildman–Crippen LogP) is 3.13. The lowest BCUT2D eigenvalue weighted by Crippen LogP contribution is -2.48. The number of morpholine rings is 1. The number of sulfonamides is 1. The highest BCUT2D eigenvalue weighted by molar-refractivity contribution is 7.89. The number of rotatable bonds is 7. The lowest BCUT2D eigenvalue weighted by molar-refractivity contribution is -0.0440. The van der Waals surface area contributed by atoms with Gasteiger partial charge >= 0.3 is 0 Å². The molecule has 0 bridgehead atoms. The van der Waals surface area contributed by atoms with Crippen molar-refractivity contribution in [1.29, 1.82) is 0 Å². The number of carbonyl (C=O) groups excluding carboxylic acids is 1. The van der Waals surface area contributed by atoms with Crippen LogP contribution < -0.4 is 5.32 Å². The monoisotopic (exact) mass is 471 g/mol. The number of unbranched alkanes of at least 4 members (excludes halogenated alkanes) is 1. The number of hydrogen-bond donors (Lipinski definition) is 1. The zero-order chi connectivity index (χ0) is 22.6. The maximum Gasteiger partial charge on any atom is 0.251 e. The first kappa shape index (κ1) is 24.5. The van der Waals surface area contributed by atoms with Gasteiger partial charge in [0.15, 0.2) is 0 Å². The van der Waals surface area contributed by atoms with Crippen molar-refractivity contribution in [3.8, 4) is 0 Å². The Kier molecular flexibility index (Phi) is 8.37. The second-order valence-corrected chi connectivity index (χ2v) is 11.0. The second-order valence-electron chi connectivity index (χ2n) is 8.67. The molecule has 31 heavy (non-hydrogen) atoms. The van der Waals surface area contributed by atoms with Crippen LogP contribution in [0.5, 0.6) is 0 Å². The first-order valence-corrected chi connectivity index (χ1v) is 13.0. The molecule has 1 aromatic carbocycles. The third-order valence-corrected chi connectivity index (χ3v) is 8.26. The number of piperidine rings is 1. The van der Waals surface area contributed by atoms with Crippen LogP contribution in [-0.4, -0.2) is 74.5 Å². The highest BCUT2D eigenvalue weighted by Gasteiger charge is 2.34. The molecule has 1 N–H and O–H groups in total. The summed E-state index contributed by atoms with van der Waals surface area (Å²) in [5.74, 6) is -0.260. The third-order valence-electron chi connectivity index (χ3n) is 5.95. The van der Waals surface area contributed by atoms with Crippen LogP contribution in [0, 0.1) is 0 Å². The minimum absolute atomic E-state index is 0.0301. The fourth-order valence-electron chi connectivity index (χ4n) is 4.26. The molecule has 9 heteroatoms. The molecular formula is C22H34ClN3O4S. The van der Waals surface area contributed by atoms with Crippen molar-refractivity contribution >= 4 is 27.5 Å². The van der Waals surface area contributed by atoms with E-state index in [4.69, 9.17) is 16.3 Å². The van der Waals surface area contributed by atoms with Gasteiger partial charge in [0, 0.05) is 37.8 Å². The zero-order valence-electron chi connectivity index (χ0n) is 18.6. The summed E-state index contributed by atoms with van der Waals surface area (Å²) in [7, 11) is -3.83. The lowest BCUT2D eigenvalue weighted by atomic mass is 10.0. The normalized spacial score (nSPS) is 24.3. The van der Waals surface area contributed by atoms with E-state index in [1.165, 1.54) is 29.3 Å². The topological polar surface area (TPSA) is 79.0 Å². The van der Waals surface area contributed by atoms with E-state index in [2.05, 4.69) is 17.1 Å². The van der Waals surface area contributed by atoms with Crippen molar-refractivity contribution in [2.24, 2.45) is 0 Å². The second kappa shape index (κ2) is 10.6. The minimum Gasteiger partial charge on any atom is -0.373 e. The Balaban J connectivity index is 1.68. The maximum absolute atomic E-state index is 13.2. The van der Waals surface area contributed by atoms with Crippen LogP contribution >= 0.6 is 11.6 Å².